The van der Waals surface area contributed by atoms with E-state index in [1.54, 1.807) is 37.3 Å². The van der Waals surface area contributed by atoms with Crippen LogP contribution in [0.1, 0.15) is 21.9 Å². The van der Waals surface area contributed by atoms with Crippen molar-refractivity contribution in [2.75, 3.05) is 0 Å². The third-order valence-corrected chi connectivity index (χ3v) is 2.68. The van der Waals surface area contributed by atoms with E-state index in [-0.39, 0.29) is 12.4 Å². The van der Waals surface area contributed by atoms with Crippen LogP contribution >= 0.6 is 11.6 Å². The summed E-state index contributed by atoms with van der Waals surface area (Å²) in [6, 6.07) is 8.69. The molecule has 0 radical (unpaired) electrons. The van der Waals surface area contributed by atoms with Gasteiger partial charge in [0, 0.05) is 5.56 Å². The first-order chi connectivity index (χ1) is 8.58. The van der Waals surface area contributed by atoms with Crippen LogP contribution in [0.3, 0.4) is 0 Å². The molecule has 1 heterocycles. The van der Waals surface area contributed by atoms with Crippen LogP contribution in [0, 0.1) is 6.92 Å². The van der Waals surface area contributed by atoms with Crippen molar-refractivity contribution < 1.29 is 19.1 Å². The van der Waals surface area contributed by atoms with Gasteiger partial charge in [0.05, 0.1) is 5.02 Å². The molecule has 0 spiro atoms. The monoisotopic (exact) mass is 266 g/mol. The fourth-order valence-corrected chi connectivity index (χ4v) is 1.73. The first kappa shape index (κ1) is 12.5. The van der Waals surface area contributed by atoms with Gasteiger partial charge in [-0.1, -0.05) is 23.7 Å². The van der Waals surface area contributed by atoms with Crippen LogP contribution in [0.25, 0.3) is 0 Å². The maximum atomic E-state index is 10.8. The number of para-hydroxylation sites is 1. The molecule has 1 aromatic heterocycles. The number of carbonyl (C=O) groups is 1. The predicted octanol–water partition coefficient (Wildman–Crippen LogP) is 3.52. The minimum atomic E-state index is -1.09. The second-order valence-corrected chi connectivity index (χ2v) is 4.16. The predicted molar refractivity (Wildman–Crippen MR) is 66.2 cm³/mol. The number of carboxylic acids is 1. The van der Waals surface area contributed by atoms with Crippen LogP contribution in [0.4, 0.5) is 0 Å². The van der Waals surface area contributed by atoms with Gasteiger partial charge in [-0.15, -0.1) is 0 Å². The molecule has 0 saturated heterocycles. The lowest BCUT2D eigenvalue weighted by Gasteiger charge is -2.05. The zero-order chi connectivity index (χ0) is 13.1. The van der Waals surface area contributed by atoms with Gasteiger partial charge in [0.25, 0.3) is 0 Å². The number of furan rings is 1. The Morgan fingerprint density at radius 3 is 2.78 bits per heavy atom. The molecule has 2 aromatic rings. The smallest absolute Gasteiger partial charge is 0.372 e. The minimum absolute atomic E-state index is 0.0623. The molecule has 0 aliphatic heterocycles. The molecular weight excluding hydrogens is 256 g/mol. The van der Waals surface area contributed by atoms with Crippen LogP contribution in [0.15, 0.2) is 34.7 Å². The molecule has 0 atom stereocenters. The Kier molecular flexibility index (Phi) is 3.58. The number of aryl methyl sites for hydroxylation is 1. The Labute approximate surface area is 109 Å². The van der Waals surface area contributed by atoms with Gasteiger partial charge in [-0.2, -0.15) is 0 Å². The number of hydrogen-bond donors (Lipinski definition) is 1. The van der Waals surface area contributed by atoms with Crippen molar-refractivity contribution >= 4 is 17.6 Å². The number of ether oxygens (including phenoxy) is 1. The molecule has 0 saturated carbocycles. The molecule has 1 N–H and O–H groups in total. The quantitative estimate of drug-likeness (QED) is 0.920. The van der Waals surface area contributed by atoms with E-state index in [9.17, 15) is 4.79 Å². The standard InChI is InChI=1S/C13H11ClO4/c1-8-6-9(18-12(8)13(15)16)7-17-11-5-3-2-4-10(11)14/h2-6H,7H2,1H3,(H,15,16). The molecular formula is C13H11ClO4. The highest BCUT2D eigenvalue weighted by Crippen LogP contribution is 2.24. The van der Waals surface area contributed by atoms with Gasteiger partial charge in [-0.3, -0.25) is 0 Å². The Morgan fingerprint density at radius 1 is 1.44 bits per heavy atom. The van der Waals surface area contributed by atoms with Crippen LogP contribution < -0.4 is 4.74 Å². The van der Waals surface area contributed by atoms with Crippen LogP contribution in [0.2, 0.25) is 5.02 Å². The lowest BCUT2D eigenvalue weighted by molar-refractivity contribution is 0.0657. The molecule has 18 heavy (non-hydrogen) atoms. The summed E-state index contributed by atoms with van der Waals surface area (Å²) in [7, 11) is 0. The van der Waals surface area contributed by atoms with Crippen molar-refractivity contribution in [1.29, 1.82) is 0 Å². The van der Waals surface area contributed by atoms with Gasteiger partial charge in [-0.05, 0) is 25.1 Å². The topological polar surface area (TPSA) is 59.7 Å². The Morgan fingerprint density at radius 2 is 2.17 bits per heavy atom. The fourth-order valence-electron chi connectivity index (χ4n) is 1.54. The maximum Gasteiger partial charge on any atom is 0.372 e. The zero-order valence-electron chi connectivity index (χ0n) is 9.64. The average molecular weight is 267 g/mol. The first-order valence-electron chi connectivity index (χ1n) is 5.28. The lowest BCUT2D eigenvalue weighted by Crippen LogP contribution is -1.96. The number of benzene rings is 1. The van der Waals surface area contributed by atoms with E-state index in [0.717, 1.165) is 0 Å². The Balaban J connectivity index is 2.09. The van der Waals surface area contributed by atoms with Crippen LogP contribution in [-0.2, 0) is 6.61 Å². The Bertz CT molecular complexity index is 574. The number of rotatable bonds is 4. The van der Waals surface area contributed by atoms with Crippen LogP contribution in [0.5, 0.6) is 5.75 Å². The van der Waals surface area contributed by atoms with E-state index < -0.39 is 5.97 Å². The van der Waals surface area contributed by atoms with E-state index in [0.29, 0.717) is 22.1 Å². The van der Waals surface area contributed by atoms with Gasteiger partial charge in [-0.25, -0.2) is 4.79 Å². The third kappa shape index (κ3) is 2.65. The molecule has 4 nitrogen and oxygen atoms in total. The summed E-state index contributed by atoms with van der Waals surface area (Å²) in [5.41, 5.74) is 0.570. The molecule has 0 aliphatic rings. The number of halogens is 1. The van der Waals surface area contributed by atoms with Crippen LogP contribution in [-0.4, -0.2) is 11.1 Å². The SMILES string of the molecule is Cc1cc(COc2ccccc2Cl)oc1C(=O)O. The molecule has 0 unspecified atom stereocenters. The maximum absolute atomic E-state index is 10.8. The first-order valence-corrected chi connectivity index (χ1v) is 5.65. The molecule has 0 fully saturated rings. The summed E-state index contributed by atoms with van der Waals surface area (Å²) in [5, 5.41) is 9.35. The highest BCUT2D eigenvalue weighted by Gasteiger charge is 2.14. The van der Waals surface area contributed by atoms with Gasteiger partial charge < -0.3 is 14.3 Å². The number of hydrogen-bond acceptors (Lipinski definition) is 3. The van der Waals surface area contributed by atoms with Gasteiger partial charge in [0.15, 0.2) is 0 Å². The van der Waals surface area contributed by atoms with Crippen molar-refractivity contribution in [3.8, 4) is 5.75 Å². The van der Waals surface area contributed by atoms with Gasteiger partial charge >= 0.3 is 5.97 Å². The average Bonchev–Trinajstić information content (AvgIpc) is 2.70. The number of carboxylic acid groups (broad SMARTS) is 1. The zero-order valence-corrected chi connectivity index (χ0v) is 10.4. The third-order valence-electron chi connectivity index (χ3n) is 2.37. The van der Waals surface area contributed by atoms with E-state index >= 15 is 0 Å². The summed E-state index contributed by atoms with van der Waals surface area (Å²) in [5.74, 6) is -0.167. The highest BCUT2D eigenvalue weighted by molar-refractivity contribution is 6.32. The van der Waals surface area contributed by atoms with Crippen molar-refractivity contribution in [1.82, 2.24) is 0 Å². The van der Waals surface area contributed by atoms with Gasteiger partial charge in [0.2, 0.25) is 5.76 Å². The second kappa shape index (κ2) is 5.14. The van der Waals surface area contributed by atoms with E-state index in [1.807, 2.05) is 0 Å². The van der Waals surface area contributed by atoms with Crippen molar-refractivity contribution in [2.24, 2.45) is 0 Å². The minimum Gasteiger partial charge on any atom is -0.484 e. The summed E-state index contributed by atoms with van der Waals surface area (Å²) in [6.45, 7) is 1.81. The van der Waals surface area contributed by atoms with Crippen molar-refractivity contribution in [2.45, 2.75) is 13.5 Å². The molecule has 5 heteroatoms. The summed E-state index contributed by atoms with van der Waals surface area (Å²) in [4.78, 5) is 10.8. The van der Waals surface area contributed by atoms with E-state index in [1.165, 1.54) is 0 Å². The molecule has 2 rings (SSSR count). The summed E-state index contributed by atoms with van der Waals surface area (Å²) >= 11 is 5.93. The van der Waals surface area contributed by atoms with E-state index in [2.05, 4.69) is 0 Å². The Hall–Kier alpha value is -1.94. The lowest BCUT2D eigenvalue weighted by atomic mass is 10.3. The summed E-state index contributed by atoms with van der Waals surface area (Å²) in [6.07, 6.45) is 0. The number of aromatic carboxylic acids is 1. The van der Waals surface area contributed by atoms with E-state index in [4.69, 9.17) is 25.9 Å². The van der Waals surface area contributed by atoms with Crippen molar-refractivity contribution in [3.05, 3.63) is 52.4 Å². The van der Waals surface area contributed by atoms with Crippen molar-refractivity contribution in [3.63, 3.8) is 0 Å². The molecule has 0 amide bonds. The highest BCUT2D eigenvalue weighted by atomic mass is 35.5. The van der Waals surface area contributed by atoms with Gasteiger partial charge in [0.1, 0.15) is 18.1 Å². The normalized spacial score (nSPS) is 10.3. The second-order valence-electron chi connectivity index (χ2n) is 3.75. The fraction of sp³-hybridized carbons (Fsp3) is 0.154. The molecule has 0 aliphatic carbocycles. The summed E-state index contributed by atoms with van der Waals surface area (Å²) < 4.78 is 10.6. The molecule has 94 valence electrons. The largest absolute Gasteiger partial charge is 0.484 e. The molecule has 1 aromatic carbocycles. The molecule has 0 bridgehead atoms.